The summed E-state index contributed by atoms with van der Waals surface area (Å²) in [6, 6.07) is -0.0152. The minimum Gasteiger partial charge on any atom is -0.383 e. The Morgan fingerprint density at radius 3 is 2.78 bits per heavy atom. The molecule has 7 heteroatoms. The van der Waals surface area contributed by atoms with Crippen LogP contribution in [0.1, 0.15) is 26.0 Å². The highest BCUT2D eigenvalue weighted by atomic mass is 16.6. The van der Waals surface area contributed by atoms with Crippen LogP contribution in [0, 0.1) is 10.1 Å². The van der Waals surface area contributed by atoms with E-state index in [2.05, 4.69) is 10.4 Å². The number of aromatic nitrogens is 2. The van der Waals surface area contributed by atoms with Crippen molar-refractivity contribution in [3.63, 3.8) is 0 Å². The second-order valence-corrected chi connectivity index (χ2v) is 4.28. The van der Waals surface area contributed by atoms with E-state index < -0.39 is 0 Å². The van der Waals surface area contributed by atoms with Gasteiger partial charge in [0.1, 0.15) is 5.69 Å². The molecular formula is C11H20N4O3. The SMILES string of the molecule is CCCc1nn(C)c(NC(C)COC)c1[N+](=O)[O-]. The minimum atomic E-state index is -0.375. The van der Waals surface area contributed by atoms with Crippen molar-refractivity contribution >= 4 is 11.5 Å². The molecule has 0 fully saturated rings. The van der Waals surface area contributed by atoms with Gasteiger partial charge in [0.2, 0.25) is 5.82 Å². The highest BCUT2D eigenvalue weighted by Gasteiger charge is 2.26. The predicted molar refractivity (Wildman–Crippen MR) is 68.8 cm³/mol. The second kappa shape index (κ2) is 6.34. The van der Waals surface area contributed by atoms with Crippen molar-refractivity contribution in [2.24, 2.45) is 7.05 Å². The van der Waals surface area contributed by atoms with Crippen LogP contribution in [0.15, 0.2) is 0 Å². The number of ether oxygens (including phenoxy) is 1. The summed E-state index contributed by atoms with van der Waals surface area (Å²) in [5, 5.41) is 18.4. The van der Waals surface area contributed by atoms with Gasteiger partial charge in [-0.05, 0) is 13.3 Å². The van der Waals surface area contributed by atoms with E-state index in [-0.39, 0.29) is 16.7 Å². The summed E-state index contributed by atoms with van der Waals surface area (Å²) in [4.78, 5) is 10.8. The predicted octanol–water partition coefficient (Wildman–Crippen LogP) is 1.73. The maximum atomic E-state index is 11.2. The second-order valence-electron chi connectivity index (χ2n) is 4.28. The van der Waals surface area contributed by atoms with E-state index in [4.69, 9.17) is 4.74 Å². The van der Waals surface area contributed by atoms with Gasteiger partial charge in [0.05, 0.1) is 11.5 Å². The Balaban J connectivity index is 3.05. The fraction of sp³-hybridized carbons (Fsp3) is 0.727. The average molecular weight is 256 g/mol. The maximum absolute atomic E-state index is 11.2. The van der Waals surface area contributed by atoms with Crippen LogP contribution in [0.25, 0.3) is 0 Å². The molecule has 1 heterocycles. The first-order chi connectivity index (χ1) is 8.51. The third-order valence-corrected chi connectivity index (χ3v) is 2.56. The van der Waals surface area contributed by atoms with Crippen LogP contribution in [-0.4, -0.2) is 34.5 Å². The molecule has 1 aromatic rings. The van der Waals surface area contributed by atoms with Gasteiger partial charge in [-0.15, -0.1) is 0 Å². The number of anilines is 1. The first-order valence-corrected chi connectivity index (χ1v) is 5.97. The summed E-state index contributed by atoms with van der Waals surface area (Å²) < 4.78 is 6.53. The Morgan fingerprint density at radius 2 is 2.28 bits per heavy atom. The Hall–Kier alpha value is -1.63. The van der Waals surface area contributed by atoms with Crippen molar-refractivity contribution in [3.05, 3.63) is 15.8 Å². The number of nitro groups is 1. The van der Waals surface area contributed by atoms with Gasteiger partial charge < -0.3 is 10.1 Å². The first-order valence-electron chi connectivity index (χ1n) is 5.97. The van der Waals surface area contributed by atoms with E-state index in [0.29, 0.717) is 24.5 Å². The zero-order chi connectivity index (χ0) is 13.7. The lowest BCUT2D eigenvalue weighted by atomic mass is 10.2. The quantitative estimate of drug-likeness (QED) is 0.593. The summed E-state index contributed by atoms with van der Waals surface area (Å²) in [6.07, 6.45) is 1.43. The summed E-state index contributed by atoms with van der Waals surface area (Å²) >= 11 is 0. The molecule has 1 rings (SSSR count). The number of nitrogens with zero attached hydrogens (tertiary/aromatic N) is 3. The molecular weight excluding hydrogens is 236 g/mol. The molecule has 0 aliphatic rings. The van der Waals surface area contributed by atoms with Crippen molar-refractivity contribution < 1.29 is 9.66 Å². The van der Waals surface area contributed by atoms with Crippen LogP contribution >= 0.6 is 0 Å². The van der Waals surface area contributed by atoms with Gasteiger partial charge in [-0.3, -0.25) is 10.1 Å². The maximum Gasteiger partial charge on any atom is 0.334 e. The fourth-order valence-corrected chi connectivity index (χ4v) is 1.85. The molecule has 1 N–H and O–H groups in total. The van der Waals surface area contributed by atoms with E-state index in [1.807, 2.05) is 13.8 Å². The van der Waals surface area contributed by atoms with Gasteiger partial charge in [0, 0.05) is 20.2 Å². The number of rotatable bonds is 7. The van der Waals surface area contributed by atoms with Crippen molar-refractivity contribution in [2.75, 3.05) is 19.0 Å². The van der Waals surface area contributed by atoms with E-state index in [1.54, 1.807) is 14.2 Å². The number of hydrogen-bond acceptors (Lipinski definition) is 5. The molecule has 0 aliphatic carbocycles. The smallest absolute Gasteiger partial charge is 0.334 e. The molecule has 1 aromatic heterocycles. The summed E-state index contributed by atoms with van der Waals surface area (Å²) in [6.45, 7) is 4.35. The lowest BCUT2D eigenvalue weighted by molar-refractivity contribution is -0.384. The molecule has 18 heavy (non-hydrogen) atoms. The molecule has 0 radical (unpaired) electrons. The molecule has 1 atom stereocenters. The van der Waals surface area contributed by atoms with Crippen molar-refractivity contribution in [3.8, 4) is 0 Å². The Kier molecular flexibility index (Phi) is 5.08. The van der Waals surface area contributed by atoms with Crippen LogP contribution in [0.2, 0.25) is 0 Å². The molecule has 0 bridgehead atoms. The van der Waals surface area contributed by atoms with Gasteiger partial charge in [-0.2, -0.15) is 5.10 Å². The van der Waals surface area contributed by atoms with Crippen LogP contribution in [0.4, 0.5) is 11.5 Å². The highest BCUT2D eigenvalue weighted by molar-refractivity contribution is 5.60. The molecule has 102 valence electrons. The zero-order valence-corrected chi connectivity index (χ0v) is 11.3. The van der Waals surface area contributed by atoms with Crippen molar-refractivity contribution in [1.29, 1.82) is 0 Å². The van der Waals surface area contributed by atoms with E-state index in [1.165, 1.54) is 4.68 Å². The van der Waals surface area contributed by atoms with Crippen LogP contribution in [-0.2, 0) is 18.2 Å². The van der Waals surface area contributed by atoms with E-state index in [0.717, 1.165) is 6.42 Å². The largest absolute Gasteiger partial charge is 0.383 e. The van der Waals surface area contributed by atoms with Crippen molar-refractivity contribution in [2.45, 2.75) is 32.7 Å². The topological polar surface area (TPSA) is 82.2 Å². The van der Waals surface area contributed by atoms with Gasteiger partial charge in [-0.25, -0.2) is 4.68 Å². The summed E-state index contributed by atoms with van der Waals surface area (Å²) in [5.41, 5.74) is 0.597. The number of aryl methyl sites for hydroxylation is 2. The number of nitrogens with one attached hydrogen (secondary N) is 1. The zero-order valence-electron chi connectivity index (χ0n) is 11.3. The third-order valence-electron chi connectivity index (χ3n) is 2.56. The molecule has 0 spiro atoms. The monoisotopic (exact) mass is 256 g/mol. The fourth-order valence-electron chi connectivity index (χ4n) is 1.85. The molecule has 0 saturated carbocycles. The molecule has 0 amide bonds. The molecule has 0 aromatic carbocycles. The Labute approximate surface area is 106 Å². The molecule has 7 nitrogen and oxygen atoms in total. The van der Waals surface area contributed by atoms with Crippen LogP contribution in [0.5, 0.6) is 0 Å². The van der Waals surface area contributed by atoms with E-state index in [9.17, 15) is 10.1 Å². The summed E-state index contributed by atoms with van der Waals surface area (Å²) in [5.74, 6) is 0.438. The Bertz CT molecular complexity index is 417. The van der Waals surface area contributed by atoms with Crippen molar-refractivity contribution in [1.82, 2.24) is 9.78 Å². The third kappa shape index (κ3) is 3.19. The Morgan fingerprint density at radius 1 is 1.61 bits per heavy atom. The lowest BCUT2D eigenvalue weighted by Gasteiger charge is -2.13. The average Bonchev–Trinajstić information content (AvgIpc) is 2.56. The minimum absolute atomic E-state index is 0.0152. The normalized spacial score (nSPS) is 12.4. The molecule has 0 aliphatic heterocycles. The summed E-state index contributed by atoms with van der Waals surface area (Å²) in [7, 11) is 3.30. The van der Waals surface area contributed by atoms with Crippen LogP contribution < -0.4 is 5.32 Å². The van der Waals surface area contributed by atoms with Gasteiger partial charge >= 0.3 is 5.69 Å². The first kappa shape index (κ1) is 14.4. The standard InChI is InChI=1S/C11H20N4O3/c1-5-6-9-10(15(16)17)11(14(3)13-9)12-8(2)7-18-4/h8,12H,5-7H2,1-4H3. The lowest BCUT2D eigenvalue weighted by Crippen LogP contribution is -2.22. The number of methoxy groups -OCH3 is 1. The van der Waals surface area contributed by atoms with Gasteiger partial charge in [0.25, 0.3) is 0 Å². The van der Waals surface area contributed by atoms with Gasteiger partial charge in [0.15, 0.2) is 0 Å². The van der Waals surface area contributed by atoms with Crippen LogP contribution in [0.3, 0.4) is 0 Å². The van der Waals surface area contributed by atoms with E-state index >= 15 is 0 Å². The number of hydrogen-bond donors (Lipinski definition) is 1. The highest BCUT2D eigenvalue weighted by Crippen LogP contribution is 2.29. The molecule has 1 unspecified atom stereocenters. The molecule has 0 saturated heterocycles. The van der Waals surface area contributed by atoms with Gasteiger partial charge in [-0.1, -0.05) is 13.3 Å².